The van der Waals surface area contributed by atoms with E-state index in [4.69, 9.17) is 0 Å². The molecule has 1 aromatic carbocycles. The minimum Gasteiger partial charge on any atom is -0.368 e. The van der Waals surface area contributed by atoms with Crippen molar-refractivity contribution in [2.75, 3.05) is 18.0 Å². The highest BCUT2D eigenvalue weighted by Crippen LogP contribution is 2.40. The number of anilines is 1. The molecule has 0 aromatic heterocycles. The molecule has 4 amide bonds. The SMILES string of the molecule is CCCCCCN1C(=O)NC(=O)/C(=C\c2cc3c4c(c2)C[C@H](C)N4CCC3)C1=O. The topological polar surface area (TPSA) is 69.7 Å². The zero-order valence-corrected chi connectivity index (χ0v) is 17.3. The largest absolute Gasteiger partial charge is 0.368 e. The van der Waals surface area contributed by atoms with Gasteiger partial charge in [-0.1, -0.05) is 26.2 Å². The van der Waals surface area contributed by atoms with Crippen LogP contribution in [0.25, 0.3) is 6.08 Å². The summed E-state index contributed by atoms with van der Waals surface area (Å²) in [7, 11) is 0. The van der Waals surface area contributed by atoms with Crippen molar-refractivity contribution < 1.29 is 14.4 Å². The molecule has 4 rings (SSSR count). The summed E-state index contributed by atoms with van der Waals surface area (Å²) in [5.41, 5.74) is 4.84. The summed E-state index contributed by atoms with van der Waals surface area (Å²) in [5.74, 6) is -1.09. The van der Waals surface area contributed by atoms with Crippen LogP contribution in [0.5, 0.6) is 0 Å². The first-order valence-corrected chi connectivity index (χ1v) is 10.8. The van der Waals surface area contributed by atoms with Crippen LogP contribution < -0.4 is 10.2 Å². The normalized spacial score (nSPS) is 22.3. The number of unbranched alkanes of at least 4 members (excludes halogenated alkanes) is 3. The number of aryl methyl sites for hydroxylation is 1. The number of carbonyl (C=O) groups is 3. The lowest BCUT2D eigenvalue weighted by Gasteiger charge is -2.31. The zero-order chi connectivity index (χ0) is 20.5. The van der Waals surface area contributed by atoms with E-state index in [1.807, 2.05) is 0 Å². The third-order valence-corrected chi connectivity index (χ3v) is 6.20. The standard InChI is InChI=1S/C23H29N3O3/c1-3-4-5-6-9-26-22(28)19(21(27)24-23(26)29)14-16-12-17-8-7-10-25-15(2)11-18(13-16)20(17)25/h12-15H,3-11H2,1-2H3,(H,24,27,29)/b19-14+/t15-/m0/s1. The summed E-state index contributed by atoms with van der Waals surface area (Å²) in [6, 6.07) is 4.07. The van der Waals surface area contributed by atoms with E-state index in [1.165, 1.54) is 21.7 Å². The average molecular weight is 396 g/mol. The number of imide groups is 2. The summed E-state index contributed by atoms with van der Waals surface area (Å²) in [6.45, 7) is 5.80. The maximum Gasteiger partial charge on any atom is 0.331 e. The van der Waals surface area contributed by atoms with Crippen LogP contribution in [0.1, 0.15) is 62.6 Å². The maximum atomic E-state index is 12.9. The molecule has 3 heterocycles. The molecule has 3 aliphatic rings. The van der Waals surface area contributed by atoms with Gasteiger partial charge in [-0.05, 0) is 67.5 Å². The first-order valence-electron chi connectivity index (χ1n) is 10.8. The minimum atomic E-state index is -0.609. The van der Waals surface area contributed by atoms with Crippen molar-refractivity contribution in [1.82, 2.24) is 10.2 Å². The Morgan fingerprint density at radius 3 is 2.72 bits per heavy atom. The van der Waals surface area contributed by atoms with E-state index in [0.29, 0.717) is 12.6 Å². The molecule has 0 aliphatic carbocycles. The Bertz CT molecular complexity index is 890. The van der Waals surface area contributed by atoms with Crippen molar-refractivity contribution in [3.05, 3.63) is 34.4 Å². The molecule has 0 bridgehead atoms. The van der Waals surface area contributed by atoms with Crippen molar-refractivity contribution in [2.24, 2.45) is 0 Å². The third-order valence-electron chi connectivity index (χ3n) is 6.20. The number of hydrogen-bond donors (Lipinski definition) is 1. The van der Waals surface area contributed by atoms with Gasteiger partial charge in [-0.3, -0.25) is 19.8 Å². The number of nitrogens with zero attached hydrogens (tertiary/aromatic N) is 2. The van der Waals surface area contributed by atoms with Crippen LogP contribution in [0, 0.1) is 0 Å². The number of urea groups is 1. The Labute approximate surface area is 171 Å². The monoisotopic (exact) mass is 395 g/mol. The third kappa shape index (κ3) is 3.68. The summed E-state index contributed by atoms with van der Waals surface area (Å²) in [5, 5.41) is 2.33. The number of benzene rings is 1. The van der Waals surface area contributed by atoms with Crippen molar-refractivity contribution >= 4 is 29.6 Å². The van der Waals surface area contributed by atoms with E-state index in [-0.39, 0.29) is 5.57 Å². The molecule has 1 atom stereocenters. The summed E-state index contributed by atoms with van der Waals surface area (Å²) in [6.07, 6.45) is 8.65. The fourth-order valence-electron chi connectivity index (χ4n) is 4.77. The highest BCUT2D eigenvalue weighted by molar-refractivity contribution is 6.31. The fraction of sp³-hybridized carbons (Fsp3) is 0.522. The zero-order valence-electron chi connectivity index (χ0n) is 17.3. The second-order valence-electron chi connectivity index (χ2n) is 8.37. The van der Waals surface area contributed by atoms with Gasteiger partial charge in [0, 0.05) is 24.8 Å². The Kier molecular flexibility index (Phi) is 5.43. The van der Waals surface area contributed by atoms with Gasteiger partial charge in [0.25, 0.3) is 11.8 Å². The molecule has 0 spiro atoms. The Hall–Kier alpha value is -2.63. The molecule has 1 N–H and O–H groups in total. The summed E-state index contributed by atoms with van der Waals surface area (Å²) < 4.78 is 0. The molecule has 6 nitrogen and oxygen atoms in total. The van der Waals surface area contributed by atoms with Gasteiger partial charge in [-0.2, -0.15) is 0 Å². The second kappa shape index (κ2) is 8.01. The number of nitrogens with one attached hydrogen (secondary N) is 1. The van der Waals surface area contributed by atoms with Crippen LogP contribution in [0.15, 0.2) is 17.7 Å². The smallest absolute Gasteiger partial charge is 0.331 e. The van der Waals surface area contributed by atoms with Gasteiger partial charge < -0.3 is 4.90 Å². The highest BCUT2D eigenvalue weighted by atomic mass is 16.2. The molecular formula is C23H29N3O3. The van der Waals surface area contributed by atoms with Gasteiger partial charge in [0.2, 0.25) is 0 Å². The predicted octanol–water partition coefficient (Wildman–Crippen LogP) is 3.43. The van der Waals surface area contributed by atoms with E-state index < -0.39 is 17.8 Å². The number of rotatable bonds is 6. The van der Waals surface area contributed by atoms with E-state index in [9.17, 15) is 14.4 Å². The van der Waals surface area contributed by atoms with Crippen molar-refractivity contribution in [1.29, 1.82) is 0 Å². The average Bonchev–Trinajstić information content (AvgIpc) is 3.01. The van der Waals surface area contributed by atoms with Gasteiger partial charge in [-0.25, -0.2) is 4.79 Å². The predicted molar refractivity (Wildman–Crippen MR) is 113 cm³/mol. The quantitative estimate of drug-likeness (QED) is 0.455. The van der Waals surface area contributed by atoms with Crippen molar-refractivity contribution in [3.8, 4) is 0 Å². The van der Waals surface area contributed by atoms with E-state index in [1.54, 1.807) is 6.08 Å². The molecule has 0 radical (unpaired) electrons. The van der Waals surface area contributed by atoms with Gasteiger partial charge in [0.15, 0.2) is 0 Å². The van der Waals surface area contributed by atoms with E-state index >= 15 is 0 Å². The molecule has 3 aliphatic heterocycles. The van der Waals surface area contributed by atoms with Crippen LogP contribution in [0.2, 0.25) is 0 Å². The first kappa shape index (κ1) is 19.7. The number of hydrogen-bond acceptors (Lipinski definition) is 4. The van der Waals surface area contributed by atoms with Gasteiger partial charge >= 0.3 is 6.03 Å². The van der Waals surface area contributed by atoms with Crippen LogP contribution in [0.4, 0.5) is 10.5 Å². The molecule has 154 valence electrons. The van der Waals surface area contributed by atoms with Crippen molar-refractivity contribution in [3.63, 3.8) is 0 Å². The number of barbiturate groups is 1. The molecule has 1 fully saturated rings. The Balaban J connectivity index is 1.60. The van der Waals surface area contributed by atoms with E-state index in [2.05, 4.69) is 36.2 Å². The van der Waals surface area contributed by atoms with Crippen LogP contribution >= 0.6 is 0 Å². The molecular weight excluding hydrogens is 366 g/mol. The lowest BCUT2D eigenvalue weighted by atomic mass is 9.95. The highest BCUT2D eigenvalue weighted by Gasteiger charge is 2.36. The van der Waals surface area contributed by atoms with Gasteiger partial charge in [0.1, 0.15) is 5.57 Å². The molecule has 1 saturated heterocycles. The number of carbonyl (C=O) groups excluding carboxylic acids is 3. The molecule has 0 saturated carbocycles. The van der Waals surface area contributed by atoms with Crippen LogP contribution in [0.3, 0.4) is 0 Å². The number of amides is 4. The first-order chi connectivity index (χ1) is 14.0. The Morgan fingerprint density at radius 1 is 1.14 bits per heavy atom. The van der Waals surface area contributed by atoms with E-state index in [0.717, 1.165) is 57.1 Å². The lowest BCUT2D eigenvalue weighted by molar-refractivity contribution is -0.130. The van der Waals surface area contributed by atoms with Crippen molar-refractivity contribution in [2.45, 2.75) is 64.8 Å². The van der Waals surface area contributed by atoms with Crippen LogP contribution in [-0.4, -0.2) is 41.9 Å². The molecule has 0 unspecified atom stereocenters. The second-order valence-corrected chi connectivity index (χ2v) is 8.37. The molecule has 6 heteroatoms. The maximum absolute atomic E-state index is 12.9. The van der Waals surface area contributed by atoms with Crippen LogP contribution in [-0.2, 0) is 22.4 Å². The minimum absolute atomic E-state index is 0.0472. The molecule has 1 aromatic rings. The lowest BCUT2D eigenvalue weighted by Crippen LogP contribution is -2.54. The molecule has 29 heavy (non-hydrogen) atoms. The van der Waals surface area contributed by atoms with Gasteiger partial charge in [-0.15, -0.1) is 0 Å². The summed E-state index contributed by atoms with van der Waals surface area (Å²) in [4.78, 5) is 41.1. The fourth-order valence-corrected chi connectivity index (χ4v) is 4.77. The van der Waals surface area contributed by atoms with Gasteiger partial charge in [0.05, 0.1) is 0 Å². The summed E-state index contributed by atoms with van der Waals surface area (Å²) >= 11 is 0. The Morgan fingerprint density at radius 2 is 1.93 bits per heavy atom.